The number of piperidine rings is 1. The number of likely N-dealkylation sites (tertiary alicyclic amines) is 2. The largest absolute Gasteiger partial charge is 0.497 e. The van der Waals surface area contributed by atoms with Gasteiger partial charge in [-0.25, -0.2) is 0 Å². The molecule has 2 aliphatic heterocycles. The second-order valence-corrected chi connectivity index (χ2v) is 6.96. The van der Waals surface area contributed by atoms with Gasteiger partial charge in [0, 0.05) is 25.0 Å². The van der Waals surface area contributed by atoms with Crippen molar-refractivity contribution >= 4 is 11.8 Å². The standard InChI is InChI=1S/C19H27N3O3/c1-25-16-5-2-4-15(12-16)17-6-3-9-22(17)13-18(23)21-10-7-14(8-11-21)19(20)24/h2,4-5,12,14,17H,3,6-11,13H2,1H3,(H2,20,24)/t17-/m1/s1. The van der Waals surface area contributed by atoms with Gasteiger partial charge in [-0.05, 0) is 49.9 Å². The molecule has 2 amide bonds. The fourth-order valence-electron chi connectivity index (χ4n) is 3.93. The van der Waals surface area contributed by atoms with E-state index in [1.807, 2.05) is 17.0 Å². The second kappa shape index (κ2) is 7.87. The van der Waals surface area contributed by atoms with Crippen molar-refractivity contribution < 1.29 is 14.3 Å². The Hall–Kier alpha value is -2.08. The van der Waals surface area contributed by atoms with Crippen molar-refractivity contribution in [2.45, 2.75) is 31.7 Å². The van der Waals surface area contributed by atoms with Crippen LogP contribution in [0.5, 0.6) is 5.75 Å². The lowest BCUT2D eigenvalue weighted by Crippen LogP contribution is -2.45. The van der Waals surface area contributed by atoms with E-state index in [9.17, 15) is 9.59 Å². The number of nitrogens with two attached hydrogens (primary N) is 1. The van der Waals surface area contributed by atoms with Crippen molar-refractivity contribution in [3.05, 3.63) is 29.8 Å². The summed E-state index contributed by atoms with van der Waals surface area (Å²) in [5.41, 5.74) is 6.57. The van der Waals surface area contributed by atoms with Crippen LogP contribution < -0.4 is 10.5 Å². The molecule has 0 aliphatic carbocycles. The number of amides is 2. The Morgan fingerprint density at radius 1 is 1.20 bits per heavy atom. The quantitative estimate of drug-likeness (QED) is 0.879. The summed E-state index contributed by atoms with van der Waals surface area (Å²) in [5.74, 6) is 0.673. The van der Waals surface area contributed by atoms with Crippen LogP contribution in [-0.4, -0.2) is 54.9 Å². The average molecular weight is 345 g/mol. The van der Waals surface area contributed by atoms with E-state index < -0.39 is 0 Å². The van der Waals surface area contributed by atoms with Crippen LogP contribution in [0.1, 0.15) is 37.3 Å². The first-order valence-electron chi connectivity index (χ1n) is 9.03. The van der Waals surface area contributed by atoms with Crippen LogP contribution in [0.2, 0.25) is 0 Å². The van der Waals surface area contributed by atoms with E-state index in [1.54, 1.807) is 7.11 Å². The molecule has 3 rings (SSSR count). The summed E-state index contributed by atoms with van der Waals surface area (Å²) in [7, 11) is 1.67. The molecule has 0 unspecified atom stereocenters. The number of hydrogen-bond acceptors (Lipinski definition) is 4. The smallest absolute Gasteiger partial charge is 0.236 e. The zero-order valence-electron chi connectivity index (χ0n) is 14.8. The predicted octanol–water partition coefficient (Wildman–Crippen LogP) is 1.56. The summed E-state index contributed by atoms with van der Waals surface area (Å²) in [5, 5.41) is 0. The van der Waals surface area contributed by atoms with Gasteiger partial charge in [0.25, 0.3) is 0 Å². The van der Waals surface area contributed by atoms with Crippen molar-refractivity contribution in [3.8, 4) is 5.75 Å². The van der Waals surface area contributed by atoms with E-state index >= 15 is 0 Å². The molecule has 2 fully saturated rings. The summed E-state index contributed by atoms with van der Waals surface area (Å²) < 4.78 is 5.32. The summed E-state index contributed by atoms with van der Waals surface area (Å²) in [6.07, 6.45) is 3.52. The van der Waals surface area contributed by atoms with Crippen molar-refractivity contribution in [2.75, 3.05) is 33.3 Å². The van der Waals surface area contributed by atoms with Gasteiger partial charge in [0.2, 0.25) is 11.8 Å². The number of rotatable bonds is 5. The highest BCUT2D eigenvalue weighted by atomic mass is 16.5. The highest BCUT2D eigenvalue weighted by molar-refractivity contribution is 5.80. The molecule has 25 heavy (non-hydrogen) atoms. The first kappa shape index (κ1) is 17.7. The third-order valence-electron chi connectivity index (χ3n) is 5.43. The lowest BCUT2D eigenvalue weighted by atomic mass is 9.96. The van der Waals surface area contributed by atoms with Crippen LogP contribution >= 0.6 is 0 Å². The Labute approximate surface area is 148 Å². The van der Waals surface area contributed by atoms with Gasteiger partial charge >= 0.3 is 0 Å². The van der Waals surface area contributed by atoms with Crippen LogP contribution in [0.15, 0.2) is 24.3 Å². The molecule has 2 heterocycles. The summed E-state index contributed by atoms with van der Waals surface area (Å²) in [6, 6.07) is 8.38. The minimum Gasteiger partial charge on any atom is -0.497 e. The third-order valence-corrected chi connectivity index (χ3v) is 5.43. The molecule has 2 saturated heterocycles. The molecule has 0 saturated carbocycles. The molecule has 1 aromatic carbocycles. The van der Waals surface area contributed by atoms with Gasteiger partial charge in [0.05, 0.1) is 13.7 Å². The van der Waals surface area contributed by atoms with Gasteiger partial charge in [-0.3, -0.25) is 14.5 Å². The highest BCUT2D eigenvalue weighted by Gasteiger charge is 2.31. The molecule has 0 aromatic heterocycles. The number of benzene rings is 1. The summed E-state index contributed by atoms with van der Waals surface area (Å²) in [6.45, 7) is 2.63. The van der Waals surface area contributed by atoms with Crippen molar-refractivity contribution in [2.24, 2.45) is 11.7 Å². The monoisotopic (exact) mass is 345 g/mol. The molecule has 6 nitrogen and oxygen atoms in total. The van der Waals surface area contributed by atoms with Gasteiger partial charge in [-0.1, -0.05) is 12.1 Å². The maximum Gasteiger partial charge on any atom is 0.236 e. The highest BCUT2D eigenvalue weighted by Crippen LogP contribution is 2.33. The molecule has 2 aliphatic rings. The first-order chi connectivity index (χ1) is 12.1. The molecule has 0 radical (unpaired) electrons. The van der Waals surface area contributed by atoms with Crippen LogP contribution in [0.4, 0.5) is 0 Å². The number of carbonyl (C=O) groups is 2. The molecule has 1 atom stereocenters. The average Bonchev–Trinajstić information content (AvgIpc) is 3.10. The maximum atomic E-state index is 12.7. The van der Waals surface area contributed by atoms with Crippen molar-refractivity contribution in [1.29, 1.82) is 0 Å². The fourth-order valence-corrected chi connectivity index (χ4v) is 3.93. The second-order valence-electron chi connectivity index (χ2n) is 6.96. The Kier molecular flexibility index (Phi) is 5.58. The lowest BCUT2D eigenvalue weighted by Gasteiger charge is -2.33. The van der Waals surface area contributed by atoms with Gasteiger partial charge in [-0.15, -0.1) is 0 Å². The molecular weight excluding hydrogens is 318 g/mol. The van der Waals surface area contributed by atoms with E-state index in [2.05, 4.69) is 17.0 Å². The van der Waals surface area contributed by atoms with E-state index in [-0.39, 0.29) is 23.8 Å². The van der Waals surface area contributed by atoms with Crippen molar-refractivity contribution in [3.63, 3.8) is 0 Å². The van der Waals surface area contributed by atoms with Gasteiger partial charge in [-0.2, -0.15) is 0 Å². The van der Waals surface area contributed by atoms with E-state index in [0.29, 0.717) is 32.5 Å². The Bertz CT molecular complexity index is 626. The van der Waals surface area contributed by atoms with Gasteiger partial charge in [0.1, 0.15) is 5.75 Å². The van der Waals surface area contributed by atoms with E-state index in [0.717, 1.165) is 25.1 Å². The van der Waals surface area contributed by atoms with E-state index in [4.69, 9.17) is 10.5 Å². The van der Waals surface area contributed by atoms with Crippen LogP contribution in [-0.2, 0) is 9.59 Å². The predicted molar refractivity (Wildman–Crippen MR) is 95.0 cm³/mol. The fraction of sp³-hybridized carbons (Fsp3) is 0.579. The zero-order valence-corrected chi connectivity index (χ0v) is 14.8. The number of nitrogens with zero attached hydrogens (tertiary/aromatic N) is 2. The number of hydrogen-bond donors (Lipinski definition) is 1. The summed E-state index contributed by atoms with van der Waals surface area (Å²) in [4.78, 5) is 28.1. The number of primary amides is 1. The minimum atomic E-state index is -0.246. The number of methoxy groups -OCH3 is 1. The Balaban J connectivity index is 1.60. The van der Waals surface area contributed by atoms with Gasteiger partial charge < -0.3 is 15.4 Å². The maximum absolute atomic E-state index is 12.7. The molecule has 0 spiro atoms. The molecule has 6 heteroatoms. The Morgan fingerprint density at radius 3 is 2.64 bits per heavy atom. The number of ether oxygens (including phenoxy) is 1. The topological polar surface area (TPSA) is 75.9 Å². The lowest BCUT2D eigenvalue weighted by molar-refractivity contribution is -0.136. The molecule has 136 valence electrons. The molecular formula is C19H27N3O3. The zero-order chi connectivity index (χ0) is 17.8. The van der Waals surface area contributed by atoms with Crippen molar-refractivity contribution in [1.82, 2.24) is 9.80 Å². The molecule has 0 bridgehead atoms. The first-order valence-corrected chi connectivity index (χ1v) is 9.03. The third kappa shape index (κ3) is 4.12. The molecule has 2 N–H and O–H groups in total. The molecule has 1 aromatic rings. The van der Waals surface area contributed by atoms with Crippen LogP contribution in [0.3, 0.4) is 0 Å². The van der Waals surface area contributed by atoms with E-state index in [1.165, 1.54) is 5.56 Å². The number of carbonyl (C=O) groups excluding carboxylic acids is 2. The van der Waals surface area contributed by atoms with Gasteiger partial charge in [0.15, 0.2) is 0 Å². The minimum absolute atomic E-state index is 0.0830. The van der Waals surface area contributed by atoms with Crippen LogP contribution in [0, 0.1) is 5.92 Å². The normalized spacial score (nSPS) is 22.1. The van der Waals surface area contributed by atoms with Crippen LogP contribution in [0.25, 0.3) is 0 Å². The summed E-state index contributed by atoms with van der Waals surface area (Å²) >= 11 is 0. The SMILES string of the molecule is COc1cccc([C@H]2CCCN2CC(=O)N2CCC(C(N)=O)CC2)c1. The Morgan fingerprint density at radius 2 is 1.96 bits per heavy atom.